The number of unbranched alkanes of at least 4 members (excludes halogenated alkanes) is 3. The van der Waals surface area contributed by atoms with Crippen molar-refractivity contribution in [2.24, 2.45) is 11.1 Å². The summed E-state index contributed by atoms with van der Waals surface area (Å²) in [6.45, 7) is 0.337. The van der Waals surface area contributed by atoms with E-state index in [1.165, 1.54) is 31.4 Å². The molecular weight excluding hydrogens is 614 g/mol. The lowest BCUT2D eigenvalue weighted by atomic mass is 10.0. The molecule has 11 nitrogen and oxygen atoms in total. The first-order valence-corrected chi connectivity index (χ1v) is 15.1. The van der Waals surface area contributed by atoms with E-state index >= 15 is 4.39 Å². The Morgan fingerprint density at radius 3 is 2.32 bits per heavy atom. The van der Waals surface area contributed by atoms with Crippen molar-refractivity contribution in [3.63, 3.8) is 0 Å². The number of halogens is 2. The van der Waals surface area contributed by atoms with Crippen LogP contribution in [0.4, 0.5) is 20.2 Å². The smallest absolute Gasteiger partial charge is 0.247 e. The minimum absolute atomic E-state index is 0.0984. The van der Waals surface area contributed by atoms with E-state index in [-0.39, 0.29) is 48.0 Å². The second-order valence-electron chi connectivity index (χ2n) is 11.2. The first-order valence-electron chi connectivity index (χ1n) is 15.1. The Balaban J connectivity index is 1.39. The van der Waals surface area contributed by atoms with Gasteiger partial charge in [0, 0.05) is 29.6 Å². The van der Waals surface area contributed by atoms with E-state index < -0.39 is 34.8 Å². The number of rotatable bonds is 15. The molecule has 3 amide bonds. The molecule has 1 fully saturated rings. The van der Waals surface area contributed by atoms with Crippen LogP contribution < -0.4 is 30.3 Å². The molecule has 0 radical (unpaired) electrons. The van der Waals surface area contributed by atoms with Crippen LogP contribution in [0.2, 0.25) is 0 Å². The standard InChI is InChI=1S/C34H34F2N4O7/c1-45-24-12-13-27-25(19-24)29(20-31(38-27)46-17-5-3-2-4-6-30(41)39-44)47-28-14-11-23(18-26(28)36)40(22-9-7-21(35)8-10-22)33(43)34(15-16-34)32(37)42/h7-14,18-20,44H,2-6,15-17H2,1H3,(H2,37,42)(H,39,41). The lowest BCUT2D eigenvalue weighted by Gasteiger charge is -2.26. The number of carbonyl (C=O) groups excluding carboxylic acids is 3. The van der Waals surface area contributed by atoms with Gasteiger partial charge in [-0.1, -0.05) is 12.8 Å². The van der Waals surface area contributed by atoms with Crippen LogP contribution in [0.1, 0.15) is 44.9 Å². The second kappa shape index (κ2) is 14.4. The largest absolute Gasteiger partial charge is 0.497 e. The number of primary amides is 1. The van der Waals surface area contributed by atoms with Crippen LogP contribution in [-0.2, 0) is 14.4 Å². The predicted molar refractivity (Wildman–Crippen MR) is 168 cm³/mol. The highest BCUT2D eigenvalue weighted by atomic mass is 19.1. The molecule has 246 valence electrons. The van der Waals surface area contributed by atoms with Crippen molar-refractivity contribution in [1.29, 1.82) is 0 Å². The number of nitrogens with one attached hydrogen (secondary N) is 1. The summed E-state index contributed by atoms with van der Waals surface area (Å²) in [5.74, 6) is -2.31. The molecule has 0 spiro atoms. The number of hydroxylamine groups is 1. The monoisotopic (exact) mass is 648 g/mol. The lowest BCUT2D eigenvalue weighted by molar-refractivity contribution is -0.133. The third kappa shape index (κ3) is 7.58. The van der Waals surface area contributed by atoms with E-state index in [4.69, 9.17) is 25.2 Å². The molecule has 1 aliphatic carbocycles. The normalized spacial score (nSPS) is 13.1. The third-order valence-corrected chi connectivity index (χ3v) is 7.94. The highest BCUT2D eigenvalue weighted by Crippen LogP contribution is 2.49. The minimum atomic E-state index is -1.41. The molecule has 3 aromatic carbocycles. The second-order valence-corrected chi connectivity index (χ2v) is 11.2. The van der Waals surface area contributed by atoms with E-state index in [0.29, 0.717) is 36.1 Å². The van der Waals surface area contributed by atoms with Gasteiger partial charge in [-0.3, -0.25) is 24.5 Å². The maximum absolute atomic E-state index is 15.8. The summed E-state index contributed by atoms with van der Waals surface area (Å²) < 4.78 is 46.8. The number of ether oxygens (including phenoxy) is 3. The number of benzene rings is 3. The van der Waals surface area contributed by atoms with Crippen molar-refractivity contribution < 1.29 is 42.6 Å². The fraction of sp³-hybridized carbons (Fsp3) is 0.294. The summed E-state index contributed by atoms with van der Waals surface area (Å²) in [6, 6.07) is 15.6. The number of methoxy groups -OCH3 is 1. The van der Waals surface area contributed by atoms with Crippen LogP contribution >= 0.6 is 0 Å². The Labute approximate surface area is 269 Å². The van der Waals surface area contributed by atoms with Gasteiger partial charge in [-0.25, -0.2) is 19.2 Å². The predicted octanol–water partition coefficient (Wildman–Crippen LogP) is 6.08. The van der Waals surface area contributed by atoms with E-state index in [1.807, 2.05) is 0 Å². The van der Waals surface area contributed by atoms with Gasteiger partial charge in [-0.15, -0.1) is 0 Å². The maximum atomic E-state index is 15.8. The van der Waals surface area contributed by atoms with Gasteiger partial charge in [0.05, 0.1) is 24.9 Å². The molecule has 0 aliphatic heterocycles. The number of carbonyl (C=O) groups is 3. The molecule has 0 atom stereocenters. The lowest BCUT2D eigenvalue weighted by Crippen LogP contribution is -2.41. The van der Waals surface area contributed by atoms with Crippen molar-refractivity contribution in [3.8, 4) is 23.1 Å². The fourth-order valence-electron chi connectivity index (χ4n) is 5.12. The van der Waals surface area contributed by atoms with Crippen molar-refractivity contribution in [1.82, 2.24) is 10.5 Å². The number of amides is 3. The van der Waals surface area contributed by atoms with Crippen LogP contribution in [0.5, 0.6) is 23.1 Å². The number of anilines is 2. The molecule has 47 heavy (non-hydrogen) atoms. The van der Waals surface area contributed by atoms with E-state index in [1.54, 1.807) is 29.7 Å². The quantitative estimate of drug-likeness (QED) is 0.0607. The first-order chi connectivity index (χ1) is 22.6. The Morgan fingerprint density at radius 2 is 1.66 bits per heavy atom. The van der Waals surface area contributed by atoms with E-state index in [9.17, 15) is 18.8 Å². The summed E-state index contributed by atoms with van der Waals surface area (Å²) >= 11 is 0. The molecule has 1 aromatic heterocycles. The number of nitrogens with two attached hydrogens (primary N) is 1. The highest BCUT2D eigenvalue weighted by Gasteiger charge is 2.57. The first kappa shape index (κ1) is 33.1. The summed E-state index contributed by atoms with van der Waals surface area (Å²) in [5.41, 5.74) is 6.60. The fourth-order valence-corrected chi connectivity index (χ4v) is 5.12. The number of aromatic nitrogens is 1. The Hall–Kier alpha value is -5.30. The van der Waals surface area contributed by atoms with Gasteiger partial charge < -0.3 is 19.9 Å². The zero-order valence-corrected chi connectivity index (χ0v) is 25.6. The number of hydrogen-bond donors (Lipinski definition) is 3. The van der Waals surface area contributed by atoms with Crippen molar-refractivity contribution >= 4 is 40.0 Å². The molecule has 1 aliphatic rings. The molecule has 1 heterocycles. The van der Waals surface area contributed by atoms with Crippen LogP contribution in [-0.4, -0.2) is 41.6 Å². The van der Waals surface area contributed by atoms with Crippen LogP contribution in [0.3, 0.4) is 0 Å². The zero-order valence-electron chi connectivity index (χ0n) is 25.6. The molecule has 4 N–H and O–H groups in total. The van der Waals surface area contributed by atoms with Crippen molar-refractivity contribution in [2.45, 2.75) is 44.9 Å². The molecule has 0 unspecified atom stereocenters. The molecular formula is C34H34F2N4O7. The zero-order chi connectivity index (χ0) is 33.6. The third-order valence-electron chi connectivity index (χ3n) is 7.94. The van der Waals surface area contributed by atoms with E-state index in [0.717, 1.165) is 35.9 Å². The van der Waals surface area contributed by atoms with Gasteiger partial charge in [-0.2, -0.15) is 0 Å². The topological polar surface area (TPSA) is 153 Å². The van der Waals surface area contributed by atoms with Crippen LogP contribution in [0.15, 0.2) is 66.7 Å². The average Bonchev–Trinajstić information content (AvgIpc) is 3.89. The molecule has 5 rings (SSSR count). The summed E-state index contributed by atoms with van der Waals surface area (Å²) in [5, 5.41) is 9.11. The maximum Gasteiger partial charge on any atom is 0.247 e. The van der Waals surface area contributed by atoms with Crippen LogP contribution in [0.25, 0.3) is 10.9 Å². The SMILES string of the molecule is COc1ccc2nc(OCCCCCCC(=O)NO)cc(Oc3ccc(N(C(=O)C4(C(N)=O)CC4)c4ccc(F)cc4)cc3F)c2c1. The number of fused-ring (bicyclic) bond motifs is 1. The average molecular weight is 649 g/mol. The number of hydrogen-bond acceptors (Lipinski definition) is 8. The van der Waals surface area contributed by atoms with Gasteiger partial charge >= 0.3 is 0 Å². The minimum Gasteiger partial charge on any atom is -0.497 e. The highest BCUT2D eigenvalue weighted by molar-refractivity contribution is 6.16. The van der Waals surface area contributed by atoms with E-state index in [2.05, 4.69) is 4.98 Å². The van der Waals surface area contributed by atoms with Gasteiger partial charge in [0.25, 0.3) is 0 Å². The summed E-state index contributed by atoms with van der Waals surface area (Å²) in [7, 11) is 1.51. The number of nitrogens with zero attached hydrogens (tertiary/aromatic N) is 2. The van der Waals surface area contributed by atoms with Gasteiger partial charge in [0.15, 0.2) is 11.6 Å². The van der Waals surface area contributed by atoms with Gasteiger partial charge in [-0.05, 0) is 80.3 Å². The molecule has 0 saturated heterocycles. The Kier molecular flexibility index (Phi) is 10.1. The number of pyridine rings is 1. The Morgan fingerprint density at radius 1 is 0.936 bits per heavy atom. The van der Waals surface area contributed by atoms with Crippen LogP contribution in [0, 0.1) is 17.0 Å². The molecule has 4 aromatic rings. The Bertz CT molecular complexity index is 1780. The molecule has 13 heteroatoms. The van der Waals surface area contributed by atoms with Gasteiger partial charge in [0.1, 0.15) is 22.7 Å². The molecule has 0 bridgehead atoms. The summed E-state index contributed by atoms with van der Waals surface area (Å²) in [6.07, 6.45) is 3.65. The van der Waals surface area contributed by atoms with Crippen molar-refractivity contribution in [3.05, 3.63) is 78.4 Å². The summed E-state index contributed by atoms with van der Waals surface area (Å²) in [4.78, 5) is 42.6. The van der Waals surface area contributed by atoms with Gasteiger partial charge in [0.2, 0.25) is 23.6 Å². The molecule has 1 saturated carbocycles. The van der Waals surface area contributed by atoms with Crippen molar-refractivity contribution in [2.75, 3.05) is 18.6 Å².